The van der Waals surface area contributed by atoms with Gasteiger partial charge in [0.1, 0.15) is 5.78 Å². The number of methoxy groups -OCH3 is 1. The van der Waals surface area contributed by atoms with Crippen LogP contribution in [0.4, 0.5) is 0 Å². The Bertz CT molecular complexity index is 160. The number of esters is 1. The third kappa shape index (κ3) is 24.6. The Labute approximate surface area is 93.2 Å². The fraction of sp³-hybridized carbons (Fsp3) is 0.833. The molecule has 0 aliphatic heterocycles. The predicted octanol–water partition coefficient (Wildman–Crippen LogP) is 3.12. The van der Waals surface area contributed by atoms with Gasteiger partial charge in [-0.2, -0.15) is 0 Å². The number of unbranched alkanes of at least 4 members (excludes halogenated alkanes) is 4. The van der Waals surface area contributed by atoms with Gasteiger partial charge in [0.25, 0.3) is 0 Å². The van der Waals surface area contributed by atoms with Gasteiger partial charge < -0.3 is 9.53 Å². The average molecular weight is 216 g/mol. The van der Waals surface area contributed by atoms with Crippen molar-refractivity contribution in [1.29, 1.82) is 0 Å². The Morgan fingerprint density at radius 2 is 1.47 bits per heavy atom. The Hall–Kier alpha value is -0.860. The highest BCUT2D eigenvalue weighted by atomic mass is 16.5. The van der Waals surface area contributed by atoms with Crippen LogP contribution >= 0.6 is 0 Å². The molecule has 0 aromatic heterocycles. The summed E-state index contributed by atoms with van der Waals surface area (Å²) < 4.78 is 4.52. The van der Waals surface area contributed by atoms with E-state index in [-0.39, 0.29) is 11.8 Å². The Balaban J connectivity index is 0. The van der Waals surface area contributed by atoms with Crippen LogP contribution in [0.5, 0.6) is 0 Å². The third-order valence-electron chi connectivity index (χ3n) is 1.71. The molecule has 0 aliphatic rings. The molecule has 0 spiro atoms. The lowest BCUT2D eigenvalue weighted by Crippen LogP contribution is -1.98. The van der Waals surface area contributed by atoms with Crippen molar-refractivity contribution >= 4 is 11.8 Å². The molecule has 0 saturated heterocycles. The van der Waals surface area contributed by atoms with Crippen molar-refractivity contribution in [3.63, 3.8) is 0 Å². The van der Waals surface area contributed by atoms with Gasteiger partial charge in [-0.25, -0.2) is 0 Å². The van der Waals surface area contributed by atoms with Gasteiger partial charge in [-0.3, -0.25) is 4.79 Å². The molecule has 0 aromatic rings. The zero-order valence-electron chi connectivity index (χ0n) is 10.5. The second-order valence-corrected chi connectivity index (χ2v) is 3.65. The maximum absolute atomic E-state index is 10.6. The van der Waals surface area contributed by atoms with Crippen molar-refractivity contribution in [2.24, 2.45) is 0 Å². The standard InChI is InChI=1S/C9H18O2.C3H6O/c1-3-4-5-6-7-8-9(10)11-2;1-3(2)4/h3-8H2,1-2H3;1-2H3. The van der Waals surface area contributed by atoms with Gasteiger partial charge in [0, 0.05) is 6.42 Å². The zero-order valence-corrected chi connectivity index (χ0v) is 10.5. The van der Waals surface area contributed by atoms with E-state index in [0.717, 1.165) is 12.8 Å². The van der Waals surface area contributed by atoms with Crippen LogP contribution in [0.2, 0.25) is 0 Å². The summed E-state index contributed by atoms with van der Waals surface area (Å²) in [6.45, 7) is 5.24. The summed E-state index contributed by atoms with van der Waals surface area (Å²) >= 11 is 0. The van der Waals surface area contributed by atoms with Crippen LogP contribution in [0.1, 0.15) is 59.3 Å². The average Bonchev–Trinajstić information content (AvgIpc) is 2.16. The van der Waals surface area contributed by atoms with Gasteiger partial charge in [0.05, 0.1) is 7.11 Å². The SMILES string of the molecule is CC(C)=O.CCCCCCCC(=O)OC. The van der Waals surface area contributed by atoms with Crippen molar-refractivity contribution < 1.29 is 14.3 Å². The lowest BCUT2D eigenvalue weighted by molar-refractivity contribution is -0.140. The second kappa shape index (κ2) is 13.1. The van der Waals surface area contributed by atoms with E-state index in [4.69, 9.17) is 0 Å². The Morgan fingerprint density at radius 3 is 1.87 bits per heavy atom. The molecule has 0 unspecified atom stereocenters. The normalized spacial score (nSPS) is 8.80. The highest BCUT2D eigenvalue weighted by Crippen LogP contribution is 2.04. The van der Waals surface area contributed by atoms with Gasteiger partial charge in [0.15, 0.2) is 0 Å². The second-order valence-electron chi connectivity index (χ2n) is 3.65. The first-order valence-corrected chi connectivity index (χ1v) is 5.58. The van der Waals surface area contributed by atoms with Gasteiger partial charge in [-0.05, 0) is 20.3 Å². The summed E-state index contributed by atoms with van der Waals surface area (Å²) in [6.07, 6.45) is 6.49. The lowest BCUT2D eigenvalue weighted by atomic mass is 10.1. The molecule has 15 heavy (non-hydrogen) atoms. The van der Waals surface area contributed by atoms with Crippen molar-refractivity contribution in [2.45, 2.75) is 59.3 Å². The van der Waals surface area contributed by atoms with E-state index in [0.29, 0.717) is 6.42 Å². The third-order valence-corrected chi connectivity index (χ3v) is 1.71. The molecular formula is C12H24O3. The van der Waals surface area contributed by atoms with E-state index >= 15 is 0 Å². The largest absolute Gasteiger partial charge is 0.469 e. The topological polar surface area (TPSA) is 43.4 Å². The maximum Gasteiger partial charge on any atom is 0.305 e. The van der Waals surface area contributed by atoms with Crippen molar-refractivity contribution in [1.82, 2.24) is 0 Å². The number of hydrogen-bond acceptors (Lipinski definition) is 3. The van der Waals surface area contributed by atoms with Crippen LogP contribution in [0, 0.1) is 0 Å². The van der Waals surface area contributed by atoms with Gasteiger partial charge in [0.2, 0.25) is 0 Å². The summed E-state index contributed by atoms with van der Waals surface area (Å²) in [4.78, 5) is 20.1. The molecule has 0 N–H and O–H groups in total. The molecule has 0 aliphatic carbocycles. The van der Waals surface area contributed by atoms with E-state index < -0.39 is 0 Å². The van der Waals surface area contributed by atoms with Crippen LogP contribution in [0.3, 0.4) is 0 Å². The van der Waals surface area contributed by atoms with Crippen molar-refractivity contribution in [2.75, 3.05) is 7.11 Å². The number of carbonyl (C=O) groups excluding carboxylic acids is 2. The fourth-order valence-corrected chi connectivity index (χ4v) is 0.975. The number of carbonyl (C=O) groups is 2. The summed E-state index contributed by atoms with van der Waals surface area (Å²) in [5.41, 5.74) is 0. The monoisotopic (exact) mass is 216 g/mol. The van der Waals surface area contributed by atoms with E-state index in [2.05, 4.69) is 11.7 Å². The van der Waals surface area contributed by atoms with Crippen LogP contribution in [-0.4, -0.2) is 18.9 Å². The Morgan fingerprint density at radius 1 is 1.00 bits per heavy atom. The molecule has 90 valence electrons. The molecule has 3 heteroatoms. The lowest BCUT2D eigenvalue weighted by Gasteiger charge is -1.98. The van der Waals surface area contributed by atoms with Crippen LogP contribution in [-0.2, 0) is 14.3 Å². The molecule has 3 nitrogen and oxygen atoms in total. The number of hydrogen-bond donors (Lipinski definition) is 0. The molecule has 0 heterocycles. The summed E-state index contributed by atoms with van der Waals surface area (Å²) in [5, 5.41) is 0. The first-order chi connectivity index (χ1) is 7.04. The first kappa shape index (κ1) is 16.6. The molecule has 0 rings (SSSR count). The van der Waals surface area contributed by atoms with Crippen molar-refractivity contribution in [3.8, 4) is 0 Å². The predicted molar refractivity (Wildman–Crippen MR) is 61.7 cm³/mol. The highest BCUT2D eigenvalue weighted by molar-refractivity contribution is 5.72. The number of Topliss-reactive ketones (excluding diaryl/α,β-unsaturated/α-hetero) is 1. The van der Waals surface area contributed by atoms with Crippen molar-refractivity contribution in [3.05, 3.63) is 0 Å². The minimum Gasteiger partial charge on any atom is -0.469 e. The van der Waals surface area contributed by atoms with E-state index in [1.165, 1.54) is 40.2 Å². The highest BCUT2D eigenvalue weighted by Gasteiger charge is 1.97. The first-order valence-electron chi connectivity index (χ1n) is 5.58. The van der Waals surface area contributed by atoms with E-state index in [1.807, 2.05) is 0 Å². The molecule has 0 amide bonds. The smallest absolute Gasteiger partial charge is 0.305 e. The molecule has 0 atom stereocenters. The minimum absolute atomic E-state index is 0.0819. The number of ketones is 1. The van der Waals surface area contributed by atoms with Crippen LogP contribution < -0.4 is 0 Å². The molecular weight excluding hydrogens is 192 g/mol. The molecule has 0 bridgehead atoms. The van der Waals surface area contributed by atoms with Crippen LogP contribution in [0.15, 0.2) is 0 Å². The quantitative estimate of drug-likeness (QED) is 0.506. The molecule has 0 fully saturated rings. The zero-order chi connectivity index (χ0) is 12.1. The fourth-order valence-electron chi connectivity index (χ4n) is 0.975. The minimum atomic E-state index is -0.0819. The molecule has 0 radical (unpaired) electrons. The molecule has 0 aromatic carbocycles. The van der Waals surface area contributed by atoms with Gasteiger partial charge >= 0.3 is 5.97 Å². The number of ether oxygens (including phenoxy) is 1. The van der Waals surface area contributed by atoms with E-state index in [1.54, 1.807) is 0 Å². The van der Waals surface area contributed by atoms with Gasteiger partial charge in [-0.15, -0.1) is 0 Å². The molecule has 0 saturated carbocycles. The van der Waals surface area contributed by atoms with E-state index in [9.17, 15) is 9.59 Å². The van der Waals surface area contributed by atoms with Crippen LogP contribution in [0.25, 0.3) is 0 Å². The Kier molecular flexibility index (Phi) is 14.5. The summed E-state index contributed by atoms with van der Waals surface area (Å²) in [7, 11) is 1.44. The maximum atomic E-state index is 10.6. The summed E-state index contributed by atoms with van der Waals surface area (Å²) in [5.74, 6) is 0.0847. The van der Waals surface area contributed by atoms with Gasteiger partial charge in [-0.1, -0.05) is 32.6 Å². The summed E-state index contributed by atoms with van der Waals surface area (Å²) in [6, 6.07) is 0. The number of rotatable bonds is 6.